The molecule has 2 aromatic heterocycles. The highest BCUT2D eigenvalue weighted by Gasteiger charge is 2.34. The van der Waals surface area contributed by atoms with Crippen molar-refractivity contribution in [3.8, 4) is 0 Å². The fourth-order valence-corrected chi connectivity index (χ4v) is 2.96. The highest BCUT2D eigenvalue weighted by Crippen LogP contribution is 2.29. The summed E-state index contributed by atoms with van der Waals surface area (Å²) >= 11 is 6.05. The molecule has 9 heteroatoms. The van der Waals surface area contributed by atoms with Crippen LogP contribution in [0.4, 0.5) is 0 Å². The van der Waals surface area contributed by atoms with Crippen LogP contribution in [0.15, 0.2) is 6.20 Å². The molecule has 0 aromatic carbocycles. The van der Waals surface area contributed by atoms with Gasteiger partial charge in [-0.1, -0.05) is 11.6 Å². The number of likely N-dealkylation sites (N-methyl/N-ethyl adjacent to an activating group) is 1. The van der Waals surface area contributed by atoms with Gasteiger partial charge in [0, 0.05) is 20.2 Å². The number of nitrogens with zero attached hydrogens (tertiary/aromatic N) is 5. The van der Waals surface area contributed by atoms with Crippen molar-refractivity contribution in [3.63, 3.8) is 0 Å². The highest BCUT2D eigenvalue weighted by atomic mass is 35.5. The van der Waals surface area contributed by atoms with Gasteiger partial charge in [0.25, 0.3) is 5.91 Å². The SMILES string of the molecule is Cc1ncc(Cl)c(C(=O)N(C)C[C@H]2OCC[C@H]2c2n[nH]c(C)n2)n1. The van der Waals surface area contributed by atoms with Crippen LogP contribution in [-0.4, -0.2) is 62.3 Å². The Morgan fingerprint density at radius 2 is 2.25 bits per heavy atom. The number of aromatic amines is 1. The molecule has 0 bridgehead atoms. The van der Waals surface area contributed by atoms with Crippen LogP contribution in [0.5, 0.6) is 0 Å². The zero-order valence-corrected chi connectivity index (χ0v) is 14.5. The van der Waals surface area contributed by atoms with E-state index < -0.39 is 0 Å². The highest BCUT2D eigenvalue weighted by molar-refractivity contribution is 6.33. The van der Waals surface area contributed by atoms with Gasteiger partial charge in [-0.3, -0.25) is 9.89 Å². The Morgan fingerprint density at radius 1 is 1.46 bits per heavy atom. The number of carbonyl (C=O) groups excluding carboxylic acids is 1. The molecule has 24 heavy (non-hydrogen) atoms. The summed E-state index contributed by atoms with van der Waals surface area (Å²) in [5.41, 5.74) is 0.204. The molecule has 0 unspecified atom stereocenters. The maximum atomic E-state index is 12.6. The first-order valence-corrected chi connectivity index (χ1v) is 8.08. The Morgan fingerprint density at radius 3 is 2.96 bits per heavy atom. The minimum atomic E-state index is -0.258. The topological polar surface area (TPSA) is 96.9 Å². The van der Waals surface area contributed by atoms with Gasteiger partial charge in [-0.05, 0) is 20.3 Å². The molecule has 1 fully saturated rings. The van der Waals surface area contributed by atoms with Gasteiger partial charge in [0.2, 0.25) is 0 Å². The fraction of sp³-hybridized carbons (Fsp3) is 0.533. The number of aromatic nitrogens is 5. The third-order valence-corrected chi connectivity index (χ3v) is 4.30. The van der Waals surface area contributed by atoms with Crippen LogP contribution >= 0.6 is 11.6 Å². The Hall–Kier alpha value is -2.06. The molecule has 3 heterocycles. The fourth-order valence-electron chi connectivity index (χ4n) is 2.79. The number of halogens is 1. The molecule has 1 saturated heterocycles. The quantitative estimate of drug-likeness (QED) is 0.897. The lowest BCUT2D eigenvalue weighted by Crippen LogP contribution is -2.37. The predicted molar refractivity (Wildman–Crippen MR) is 87.0 cm³/mol. The van der Waals surface area contributed by atoms with Crippen molar-refractivity contribution in [2.24, 2.45) is 0 Å². The van der Waals surface area contributed by atoms with Crippen LogP contribution in [0.3, 0.4) is 0 Å². The van der Waals surface area contributed by atoms with E-state index in [2.05, 4.69) is 25.1 Å². The summed E-state index contributed by atoms with van der Waals surface area (Å²) in [6.45, 7) is 4.61. The predicted octanol–water partition coefficient (Wildman–Crippen LogP) is 1.51. The molecule has 8 nitrogen and oxygen atoms in total. The Balaban J connectivity index is 1.72. The lowest BCUT2D eigenvalue weighted by atomic mass is 10.0. The zero-order valence-electron chi connectivity index (χ0n) is 13.8. The summed E-state index contributed by atoms with van der Waals surface area (Å²) in [4.78, 5) is 26.7. The largest absolute Gasteiger partial charge is 0.376 e. The van der Waals surface area contributed by atoms with E-state index in [1.54, 1.807) is 18.9 Å². The molecule has 1 N–H and O–H groups in total. The lowest BCUT2D eigenvalue weighted by Gasteiger charge is -2.23. The van der Waals surface area contributed by atoms with Gasteiger partial charge in [0.05, 0.1) is 23.2 Å². The Kier molecular flexibility index (Phi) is 4.77. The number of hydrogen-bond donors (Lipinski definition) is 1. The molecular weight excluding hydrogens is 332 g/mol. The molecule has 128 valence electrons. The van der Waals surface area contributed by atoms with Gasteiger partial charge in [-0.25, -0.2) is 15.0 Å². The third kappa shape index (κ3) is 3.39. The first-order chi connectivity index (χ1) is 11.5. The molecule has 0 radical (unpaired) electrons. The molecule has 0 saturated carbocycles. The summed E-state index contributed by atoms with van der Waals surface area (Å²) in [6, 6.07) is 0. The monoisotopic (exact) mass is 350 g/mol. The van der Waals surface area contributed by atoms with Crippen molar-refractivity contribution in [2.75, 3.05) is 20.2 Å². The summed E-state index contributed by atoms with van der Waals surface area (Å²) in [5, 5.41) is 7.31. The lowest BCUT2D eigenvalue weighted by molar-refractivity contribution is 0.0546. The minimum Gasteiger partial charge on any atom is -0.376 e. The van der Waals surface area contributed by atoms with Crippen LogP contribution in [0.2, 0.25) is 5.02 Å². The van der Waals surface area contributed by atoms with Crippen LogP contribution < -0.4 is 0 Å². The van der Waals surface area contributed by atoms with Crippen molar-refractivity contribution in [2.45, 2.75) is 32.3 Å². The number of aryl methyl sites for hydroxylation is 2. The van der Waals surface area contributed by atoms with Crippen molar-refractivity contribution < 1.29 is 9.53 Å². The van der Waals surface area contributed by atoms with Crippen LogP contribution in [0.25, 0.3) is 0 Å². The maximum Gasteiger partial charge on any atom is 0.273 e. The first-order valence-electron chi connectivity index (χ1n) is 7.71. The van der Waals surface area contributed by atoms with Crippen LogP contribution in [0, 0.1) is 13.8 Å². The van der Waals surface area contributed by atoms with E-state index in [9.17, 15) is 4.79 Å². The van der Waals surface area contributed by atoms with E-state index in [4.69, 9.17) is 16.3 Å². The number of hydrogen-bond acceptors (Lipinski definition) is 6. The van der Waals surface area contributed by atoms with E-state index in [1.165, 1.54) is 6.20 Å². The zero-order chi connectivity index (χ0) is 17.3. The molecule has 1 aliphatic heterocycles. The number of nitrogens with one attached hydrogen (secondary N) is 1. The summed E-state index contributed by atoms with van der Waals surface area (Å²) in [7, 11) is 1.71. The average molecular weight is 351 g/mol. The van der Waals surface area contributed by atoms with Crippen LogP contribution in [0.1, 0.15) is 40.3 Å². The van der Waals surface area contributed by atoms with E-state index in [0.29, 0.717) is 19.0 Å². The third-order valence-electron chi connectivity index (χ3n) is 4.02. The standard InChI is InChI=1S/C15H19ClN6O2/c1-8-17-6-11(16)13(18-8)15(23)22(3)7-12-10(4-5-24-12)14-19-9(2)20-21-14/h6,10,12H,4-5,7H2,1-3H3,(H,19,20,21)/t10-,12-/m1/s1. The minimum absolute atomic E-state index is 0.0628. The number of rotatable bonds is 4. The summed E-state index contributed by atoms with van der Waals surface area (Å²) < 4.78 is 5.79. The van der Waals surface area contributed by atoms with Gasteiger partial charge >= 0.3 is 0 Å². The van der Waals surface area contributed by atoms with Gasteiger partial charge in [0.15, 0.2) is 11.5 Å². The average Bonchev–Trinajstić information content (AvgIpc) is 3.17. The van der Waals surface area contributed by atoms with E-state index in [0.717, 1.165) is 18.1 Å². The molecule has 0 spiro atoms. The van der Waals surface area contributed by atoms with Gasteiger partial charge < -0.3 is 9.64 Å². The van der Waals surface area contributed by atoms with Gasteiger partial charge in [-0.2, -0.15) is 5.10 Å². The van der Waals surface area contributed by atoms with Crippen molar-refractivity contribution in [1.82, 2.24) is 30.0 Å². The summed E-state index contributed by atoms with van der Waals surface area (Å²) in [5.74, 6) is 1.80. The van der Waals surface area contributed by atoms with Crippen molar-refractivity contribution in [1.29, 1.82) is 0 Å². The maximum absolute atomic E-state index is 12.6. The number of carbonyl (C=O) groups is 1. The van der Waals surface area contributed by atoms with E-state index in [1.807, 2.05) is 6.92 Å². The molecule has 2 atom stereocenters. The van der Waals surface area contributed by atoms with Gasteiger partial charge in [0.1, 0.15) is 11.6 Å². The second-order valence-corrected chi connectivity index (χ2v) is 6.29. The van der Waals surface area contributed by atoms with E-state index >= 15 is 0 Å². The van der Waals surface area contributed by atoms with Gasteiger partial charge in [-0.15, -0.1) is 0 Å². The molecule has 2 aromatic rings. The Bertz CT molecular complexity index is 749. The van der Waals surface area contributed by atoms with Crippen LogP contribution in [-0.2, 0) is 4.74 Å². The smallest absolute Gasteiger partial charge is 0.273 e. The normalized spacial score (nSPS) is 20.3. The first kappa shape index (κ1) is 16.8. The number of H-pyrrole nitrogens is 1. The Labute approximate surface area is 144 Å². The second kappa shape index (κ2) is 6.82. The molecule has 1 amide bonds. The molecule has 1 aliphatic rings. The molecular formula is C15H19ClN6O2. The molecule has 3 rings (SSSR count). The van der Waals surface area contributed by atoms with Crippen molar-refractivity contribution in [3.05, 3.63) is 34.4 Å². The van der Waals surface area contributed by atoms with E-state index in [-0.39, 0.29) is 28.6 Å². The molecule has 0 aliphatic carbocycles. The number of ether oxygens (including phenoxy) is 1. The number of amides is 1. The summed E-state index contributed by atoms with van der Waals surface area (Å²) in [6.07, 6.45) is 2.11. The van der Waals surface area contributed by atoms with Crippen molar-refractivity contribution >= 4 is 17.5 Å². The second-order valence-electron chi connectivity index (χ2n) is 5.88.